The van der Waals surface area contributed by atoms with Crippen LogP contribution >= 0.6 is 23.2 Å². The van der Waals surface area contributed by atoms with Crippen LogP contribution in [-0.2, 0) is 19.1 Å². The predicted molar refractivity (Wildman–Crippen MR) is 96.9 cm³/mol. The fourth-order valence-electron chi connectivity index (χ4n) is 0.425. The highest BCUT2D eigenvalue weighted by atomic mass is 35.5. The quantitative estimate of drug-likeness (QED) is 0.309. The molecule has 126 valence electrons. The lowest BCUT2D eigenvalue weighted by Crippen LogP contribution is -2.13. The Morgan fingerprint density at radius 2 is 0.818 bits per heavy atom. The van der Waals surface area contributed by atoms with Gasteiger partial charge in [0.2, 0.25) is 0 Å². The van der Waals surface area contributed by atoms with E-state index in [2.05, 4.69) is 75.3 Å². The number of halogens is 2. The SMILES string of the molecule is C=C.C=C.C=C.C=C.C=C(Cl)C(=O)OCCOC(=O)C(=C)Cl. The molecule has 6 heteroatoms. The van der Waals surface area contributed by atoms with Crippen molar-refractivity contribution in [3.63, 3.8) is 0 Å². The van der Waals surface area contributed by atoms with E-state index >= 15 is 0 Å². The summed E-state index contributed by atoms with van der Waals surface area (Å²) >= 11 is 10.4. The zero-order valence-corrected chi connectivity index (χ0v) is 14.4. The maximum Gasteiger partial charge on any atom is 0.349 e. The Hall–Kier alpha value is -2.04. The molecule has 0 aromatic carbocycles. The van der Waals surface area contributed by atoms with Crippen molar-refractivity contribution in [2.75, 3.05) is 13.2 Å². The topological polar surface area (TPSA) is 52.6 Å². The number of hydrogen-bond acceptors (Lipinski definition) is 4. The van der Waals surface area contributed by atoms with Gasteiger partial charge in [-0.15, -0.1) is 52.6 Å². The van der Waals surface area contributed by atoms with Gasteiger partial charge in [-0.3, -0.25) is 0 Å². The van der Waals surface area contributed by atoms with Crippen molar-refractivity contribution in [2.45, 2.75) is 0 Å². The zero-order valence-electron chi connectivity index (χ0n) is 12.9. The Labute approximate surface area is 143 Å². The summed E-state index contributed by atoms with van der Waals surface area (Å²) in [6, 6.07) is 0. The van der Waals surface area contributed by atoms with Crippen molar-refractivity contribution in [3.8, 4) is 0 Å². The minimum atomic E-state index is -0.757. The van der Waals surface area contributed by atoms with Crippen LogP contribution in [0.15, 0.2) is 75.9 Å². The van der Waals surface area contributed by atoms with Crippen molar-refractivity contribution in [1.29, 1.82) is 0 Å². The second-order valence-corrected chi connectivity index (χ2v) is 2.99. The third kappa shape index (κ3) is 30.8. The van der Waals surface area contributed by atoms with Crippen LogP contribution < -0.4 is 0 Å². The first-order valence-corrected chi connectivity index (χ1v) is 6.23. The first-order chi connectivity index (χ1) is 10.4. The molecule has 0 N–H and O–H groups in total. The lowest BCUT2D eigenvalue weighted by molar-refractivity contribution is -0.146. The molecule has 4 nitrogen and oxygen atoms in total. The molecule has 0 rings (SSSR count). The highest BCUT2D eigenvalue weighted by molar-refractivity contribution is 6.41. The first-order valence-electron chi connectivity index (χ1n) is 5.48. The lowest BCUT2D eigenvalue weighted by Gasteiger charge is -2.04. The summed E-state index contributed by atoms with van der Waals surface area (Å²) in [4.78, 5) is 21.4. The first kappa shape index (κ1) is 32.1. The van der Waals surface area contributed by atoms with Crippen molar-refractivity contribution >= 4 is 35.1 Å². The Balaban J connectivity index is -0.000000103. The monoisotopic (exact) mass is 350 g/mol. The molecule has 0 radical (unpaired) electrons. The summed E-state index contributed by atoms with van der Waals surface area (Å²) in [5, 5.41) is -0.476. The molecular formula is C16H24Cl2O4. The molecule has 0 fully saturated rings. The average molecular weight is 351 g/mol. The molecule has 0 atom stereocenters. The Morgan fingerprint density at radius 3 is 0.955 bits per heavy atom. The summed E-state index contributed by atoms with van der Waals surface area (Å²) in [5.74, 6) is -1.51. The van der Waals surface area contributed by atoms with Gasteiger partial charge >= 0.3 is 11.9 Å². The molecule has 0 aliphatic heterocycles. The number of rotatable bonds is 5. The minimum absolute atomic E-state index is 0.111. The molecule has 0 saturated heterocycles. The van der Waals surface area contributed by atoms with Crippen molar-refractivity contribution in [3.05, 3.63) is 75.9 Å². The van der Waals surface area contributed by atoms with Crippen LogP contribution in [-0.4, -0.2) is 25.2 Å². The van der Waals surface area contributed by atoms with Crippen molar-refractivity contribution < 1.29 is 19.1 Å². The average Bonchev–Trinajstić information content (AvgIpc) is 2.58. The third-order valence-corrected chi connectivity index (χ3v) is 1.30. The van der Waals surface area contributed by atoms with Crippen LogP contribution in [0.25, 0.3) is 0 Å². The molecule has 22 heavy (non-hydrogen) atoms. The summed E-state index contributed by atoms with van der Waals surface area (Å²) < 4.78 is 9.03. The third-order valence-electron chi connectivity index (χ3n) is 0.993. The summed E-state index contributed by atoms with van der Waals surface area (Å²) in [6.07, 6.45) is 0. The van der Waals surface area contributed by atoms with Crippen molar-refractivity contribution in [1.82, 2.24) is 0 Å². The van der Waals surface area contributed by atoms with Gasteiger partial charge in [0.15, 0.2) is 0 Å². The Kier molecular flexibility index (Phi) is 45.7. The van der Waals surface area contributed by atoms with E-state index in [1.165, 1.54) is 0 Å². The molecule has 0 aliphatic rings. The highest BCUT2D eigenvalue weighted by Gasteiger charge is 2.07. The van der Waals surface area contributed by atoms with Crippen LogP contribution in [0.1, 0.15) is 0 Å². The fourth-order valence-corrected chi connectivity index (χ4v) is 0.534. The van der Waals surface area contributed by atoms with Gasteiger partial charge in [0.25, 0.3) is 0 Å². The Bertz CT molecular complexity index is 292. The van der Waals surface area contributed by atoms with Crippen LogP contribution in [0.2, 0.25) is 0 Å². The fraction of sp³-hybridized carbons (Fsp3) is 0.125. The highest BCUT2D eigenvalue weighted by Crippen LogP contribution is 2.01. The van der Waals surface area contributed by atoms with Gasteiger partial charge in [-0.05, 0) is 0 Å². The Morgan fingerprint density at radius 1 is 0.636 bits per heavy atom. The lowest BCUT2D eigenvalue weighted by atomic mass is 10.6. The molecule has 0 aromatic rings. The van der Waals surface area contributed by atoms with Crippen molar-refractivity contribution in [2.24, 2.45) is 0 Å². The van der Waals surface area contributed by atoms with E-state index in [1.807, 2.05) is 0 Å². The standard InChI is InChI=1S/C8H8Cl2O4.4C2H4/c1-5(9)7(11)13-3-4-14-8(12)6(2)10;4*1-2/h1-4H2;4*1-2H2. The zero-order chi connectivity index (χ0) is 19.1. The normalized spacial score (nSPS) is 6.45. The number of esters is 2. The van der Waals surface area contributed by atoms with Gasteiger partial charge in [0.05, 0.1) is 0 Å². The minimum Gasteiger partial charge on any atom is -0.458 e. The second-order valence-electron chi connectivity index (χ2n) is 2.08. The number of carbonyl (C=O) groups excluding carboxylic acids is 2. The smallest absolute Gasteiger partial charge is 0.349 e. The van der Waals surface area contributed by atoms with Gasteiger partial charge < -0.3 is 9.47 Å². The predicted octanol–water partition coefficient (Wildman–Crippen LogP) is 4.79. The van der Waals surface area contributed by atoms with E-state index in [4.69, 9.17) is 23.2 Å². The summed E-state index contributed by atoms with van der Waals surface area (Å²) in [5.41, 5.74) is 0. The molecule has 0 heterocycles. The van der Waals surface area contributed by atoms with E-state index in [1.54, 1.807) is 0 Å². The van der Waals surface area contributed by atoms with Crippen LogP contribution in [0.5, 0.6) is 0 Å². The van der Waals surface area contributed by atoms with Crippen LogP contribution in [0.4, 0.5) is 0 Å². The maximum atomic E-state index is 10.7. The van der Waals surface area contributed by atoms with E-state index in [0.29, 0.717) is 0 Å². The molecule has 0 bridgehead atoms. The second kappa shape index (κ2) is 31.4. The summed E-state index contributed by atoms with van der Waals surface area (Å²) in [6.45, 7) is 30.1. The molecule has 0 amide bonds. The number of carbonyl (C=O) groups is 2. The van der Waals surface area contributed by atoms with Crippen LogP contribution in [0.3, 0.4) is 0 Å². The molecule has 0 unspecified atom stereocenters. The maximum absolute atomic E-state index is 10.7. The van der Waals surface area contributed by atoms with E-state index in [9.17, 15) is 9.59 Å². The van der Waals surface area contributed by atoms with Gasteiger partial charge in [-0.2, -0.15) is 0 Å². The molecule has 0 aromatic heterocycles. The van der Waals surface area contributed by atoms with Crippen LogP contribution in [0, 0.1) is 0 Å². The molecule has 0 spiro atoms. The molecule has 0 aliphatic carbocycles. The van der Waals surface area contributed by atoms with E-state index < -0.39 is 11.9 Å². The van der Waals surface area contributed by atoms with Gasteiger partial charge in [-0.25, -0.2) is 9.59 Å². The van der Waals surface area contributed by atoms with Gasteiger partial charge in [0, 0.05) is 0 Å². The molecular weight excluding hydrogens is 327 g/mol. The van der Waals surface area contributed by atoms with Gasteiger partial charge in [0.1, 0.15) is 23.3 Å². The van der Waals surface area contributed by atoms with E-state index in [-0.39, 0.29) is 23.3 Å². The number of ether oxygens (including phenoxy) is 2. The van der Waals surface area contributed by atoms with E-state index in [0.717, 1.165) is 0 Å². The van der Waals surface area contributed by atoms with Gasteiger partial charge in [-0.1, -0.05) is 36.4 Å². The molecule has 0 saturated carbocycles. The largest absolute Gasteiger partial charge is 0.458 e. The summed E-state index contributed by atoms with van der Waals surface area (Å²) in [7, 11) is 0. The number of hydrogen-bond donors (Lipinski definition) is 0.